The average Bonchev–Trinajstić information content (AvgIpc) is 3.01. The van der Waals surface area contributed by atoms with Crippen molar-refractivity contribution in [1.82, 2.24) is 0 Å². The molecule has 9 atom stereocenters. The van der Waals surface area contributed by atoms with Crippen molar-refractivity contribution in [3.05, 3.63) is 0 Å². The first-order chi connectivity index (χ1) is 11.8. The Morgan fingerprint density at radius 2 is 2.00 bits per heavy atom. The number of fused-ring (bicyclic) bond motifs is 2. The minimum Gasteiger partial charge on any atom is -0.463 e. The molecule has 5 heteroatoms. The lowest BCUT2D eigenvalue weighted by Crippen LogP contribution is -2.57. The van der Waals surface area contributed by atoms with Crippen molar-refractivity contribution in [3.63, 3.8) is 0 Å². The monoisotopic (exact) mass is 348 g/mol. The first kappa shape index (κ1) is 16.1. The van der Waals surface area contributed by atoms with Crippen molar-refractivity contribution in [2.45, 2.75) is 77.8 Å². The molecule has 2 heterocycles. The Hall–Kier alpha value is -1.10. The van der Waals surface area contributed by atoms with Crippen LogP contribution < -0.4 is 0 Å². The van der Waals surface area contributed by atoms with Crippen LogP contribution in [-0.4, -0.2) is 30.4 Å². The predicted octanol–water partition coefficient (Wildman–Crippen LogP) is 3.06. The molecule has 5 rings (SSSR count). The molecule has 0 amide bonds. The van der Waals surface area contributed by atoms with Crippen LogP contribution in [0.2, 0.25) is 0 Å². The van der Waals surface area contributed by atoms with Crippen LogP contribution in [0.4, 0.5) is 0 Å². The largest absolute Gasteiger partial charge is 0.463 e. The van der Waals surface area contributed by atoms with Crippen LogP contribution in [0.15, 0.2) is 0 Å². The van der Waals surface area contributed by atoms with E-state index in [1.807, 2.05) is 0 Å². The van der Waals surface area contributed by atoms with Crippen molar-refractivity contribution in [1.29, 1.82) is 0 Å². The van der Waals surface area contributed by atoms with Crippen LogP contribution in [0.1, 0.15) is 59.3 Å². The van der Waals surface area contributed by atoms with Crippen molar-refractivity contribution in [3.8, 4) is 0 Å². The Balaban J connectivity index is 1.45. The standard InChI is InChI=1S/C20H28O5/c1-10(21)23-12-4-6-19(2)11(8-12)9-14-15-13(19)5-7-20(3)16(15)17(24-14)25-18(20)22/h11-17H,4-9H2,1-3H3/t11-,12+,13?,14-,15?,16-,17+,19-,20-/m0/s1. The van der Waals surface area contributed by atoms with E-state index in [1.165, 1.54) is 6.92 Å². The van der Waals surface area contributed by atoms with Gasteiger partial charge in [-0.3, -0.25) is 9.59 Å². The topological polar surface area (TPSA) is 61.8 Å². The normalized spacial score (nSPS) is 56.0. The summed E-state index contributed by atoms with van der Waals surface area (Å²) in [5.41, 5.74) is -0.0816. The number of ether oxygens (including phenoxy) is 3. The SMILES string of the molecule is CC(=O)O[C@@H]1CC[C@]2(C)C3CC[C@]4(C)C(=O)O[C@H]5O[C@@H](C[C@@H]2C1)C3[C@@H]54. The van der Waals surface area contributed by atoms with Gasteiger partial charge in [0, 0.05) is 12.8 Å². The Morgan fingerprint density at radius 1 is 1.20 bits per heavy atom. The zero-order chi connectivity index (χ0) is 17.6. The first-order valence-electron chi connectivity index (χ1n) is 9.87. The average molecular weight is 348 g/mol. The van der Waals surface area contributed by atoms with E-state index in [0.29, 0.717) is 17.8 Å². The summed E-state index contributed by atoms with van der Waals surface area (Å²) < 4.78 is 17.4. The third-order valence-corrected chi connectivity index (χ3v) is 8.49. The summed E-state index contributed by atoms with van der Waals surface area (Å²) >= 11 is 0. The Bertz CT molecular complexity index is 632. The summed E-state index contributed by atoms with van der Waals surface area (Å²) in [5.74, 6) is 1.57. The van der Waals surface area contributed by atoms with Gasteiger partial charge >= 0.3 is 11.9 Å². The minimum atomic E-state index is -0.348. The molecule has 5 nitrogen and oxygen atoms in total. The molecule has 5 fully saturated rings. The third-order valence-electron chi connectivity index (χ3n) is 8.49. The molecule has 138 valence electrons. The van der Waals surface area contributed by atoms with Gasteiger partial charge in [0.1, 0.15) is 6.10 Å². The van der Waals surface area contributed by atoms with E-state index in [2.05, 4.69) is 13.8 Å². The van der Waals surface area contributed by atoms with Crippen LogP contribution in [0.25, 0.3) is 0 Å². The molecule has 2 aliphatic heterocycles. The van der Waals surface area contributed by atoms with E-state index in [9.17, 15) is 9.59 Å². The highest BCUT2D eigenvalue weighted by Gasteiger charge is 2.71. The van der Waals surface area contributed by atoms with Crippen LogP contribution in [0.3, 0.4) is 0 Å². The smallest absolute Gasteiger partial charge is 0.314 e. The van der Waals surface area contributed by atoms with Gasteiger partial charge in [-0.15, -0.1) is 0 Å². The second-order valence-electron chi connectivity index (χ2n) is 9.56. The molecule has 0 aromatic rings. The Morgan fingerprint density at radius 3 is 2.76 bits per heavy atom. The molecule has 0 spiro atoms. The van der Waals surface area contributed by atoms with Crippen molar-refractivity contribution < 1.29 is 23.8 Å². The molecule has 0 aromatic heterocycles. The molecule has 0 radical (unpaired) electrons. The van der Waals surface area contributed by atoms with Crippen LogP contribution in [0.5, 0.6) is 0 Å². The minimum absolute atomic E-state index is 0.0507. The van der Waals surface area contributed by atoms with E-state index in [4.69, 9.17) is 14.2 Å². The fourth-order valence-corrected chi connectivity index (χ4v) is 7.23. The molecule has 3 saturated carbocycles. The number of rotatable bonds is 1. The summed E-state index contributed by atoms with van der Waals surface area (Å²) in [5, 5.41) is 0. The number of hydrogen-bond donors (Lipinski definition) is 0. The quantitative estimate of drug-likeness (QED) is 0.682. The van der Waals surface area contributed by atoms with E-state index < -0.39 is 0 Å². The predicted molar refractivity (Wildman–Crippen MR) is 88.2 cm³/mol. The van der Waals surface area contributed by atoms with Gasteiger partial charge in [-0.05, 0) is 68.6 Å². The van der Waals surface area contributed by atoms with Crippen LogP contribution in [-0.2, 0) is 23.8 Å². The number of carbonyl (C=O) groups excluding carboxylic acids is 2. The lowest BCUT2D eigenvalue weighted by Gasteiger charge is -2.59. The van der Waals surface area contributed by atoms with Gasteiger partial charge in [-0.1, -0.05) is 6.92 Å². The molecule has 25 heavy (non-hydrogen) atoms. The molecular formula is C20H28O5. The lowest BCUT2D eigenvalue weighted by molar-refractivity contribution is -0.184. The Labute approximate surface area is 148 Å². The van der Waals surface area contributed by atoms with Gasteiger partial charge in [0.15, 0.2) is 0 Å². The van der Waals surface area contributed by atoms with Crippen molar-refractivity contribution >= 4 is 11.9 Å². The molecule has 5 aliphatic rings. The van der Waals surface area contributed by atoms with Gasteiger partial charge in [-0.25, -0.2) is 0 Å². The molecule has 0 N–H and O–H groups in total. The van der Waals surface area contributed by atoms with E-state index in [0.717, 1.165) is 38.5 Å². The fraction of sp³-hybridized carbons (Fsp3) is 0.900. The maximum absolute atomic E-state index is 12.4. The first-order valence-corrected chi connectivity index (χ1v) is 9.87. The fourth-order valence-electron chi connectivity index (χ4n) is 7.23. The highest BCUT2D eigenvalue weighted by atomic mass is 16.7. The molecule has 0 aromatic carbocycles. The van der Waals surface area contributed by atoms with E-state index >= 15 is 0 Å². The lowest BCUT2D eigenvalue weighted by atomic mass is 9.45. The van der Waals surface area contributed by atoms with E-state index in [1.54, 1.807) is 0 Å². The molecule has 3 aliphatic carbocycles. The number of esters is 2. The summed E-state index contributed by atoms with van der Waals surface area (Å²) in [7, 11) is 0. The maximum atomic E-state index is 12.4. The van der Waals surface area contributed by atoms with Crippen LogP contribution >= 0.6 is 0 Å². The van der Waals surface area contributed by atoms with Crippen molar-refractivity contribution in [2.75, 3.05) is 0 Å². The second-order valence-corrected chi connectivity index (χ2v) is 9.56. The van der Waals surface area contributed by atoms with Gasteiger partial charge in [0.2, 0.25) is 6.29 Å². The zero-order valence-electron chi connectivity index (χ0n) is 15.3. The van der Waals surface area contributed by atoms with Gasteiger partial charge in [-0.2, -0.15) is 0 Å². The van der Waals surface area contributed by atoms with Gasteiger partial charge < -0.3 is 14.2 Å². The van der Waals surface area contributed by atoms with E-state index in [-0.39, 0.29) is 47.2 Å². The van der Waals surface area contributed by atoms with Gasteiger partial charge in [0.25, 0.3) is 0 Å². The van der Waals surface area contributed by atoms with Crippen LogP contribution in [0, 0.1) is 34.5 Å². The highest BCUT2D eigenvalue weighted by molar-refractivity contribution is 5.79. The number of carbonyl (C=O) groups is 2. The third kappa shape index (κ3) is 1.99. The zero-order valence-corrected chi connectivity index (χ0v) is 15.3. The summed E-state index contributed by atoms with van der Waals surface area (Å²) in [6.45, 7) is 6.03. The number of hydrogen-bond acceptors (Lipinski definition) is 5. The molecule has 2 saturated heterocycles. The maximum Gasteiger partial charge on any atom is 0.314 e. The summed E-state index contributed by atoms with van der Waals surface area (Å²) in [4.78, 5) is 23.8. The highest BCUT2D eigenvalue weighted by Crippen LogP contribution is 2.68. The molecule has 2 unspecified atom stereocenters. The van der Waals surface area contributed by atoms with Crippen molar-refractivity contribution in [2.24, 2.45) is 34.5 Å². The van der Waals surface area contributed by atoms with Gasteiger partial charge in [0.05, 0.1) is 11.5 Å². The molecular weight excluding hydrogens is 320 g/mol. The molecule has 0 bridgehead atoms. The summed E-state index contributed by atoms with van der Waals surface area (Å²) in [6, 6.07) is 0. The Kier molecular flexibility index (Phi) is 3.22. The second kappa shape index (κ2) is 4.99. The summed E-state index contributed by atoms with van der Waals surface area (Å²) in [6.07, 6.45) is 5.95.